The van der Waals surface area contributed by atoms with E-state index in [-0.39, 0.29) is 19.3 Å². The molecular formula is C19H19N7O4. The Bertz CT molecular complexity index is 1020. The molecule has 0 radical (unpaired) electrons. The Hall–Kier alpha value is -3.89. The molecule has 0 spiro atoms. The van der Waals surface area contributed by atoms with E-state index in [4.69, 9.17) is 14.2 Å². The molecule has 0 aliphatic carbocycles. The van der Waals surface area contributed by atoms with Gasteiger partial charge in [0.05, 0.1) is 0 Å². The summed E-state index contributed by atoms with van der Waals surface area (Å²) >= 11 is 0. The van der Waals surface area contributed by atoms with Gasteiger partial charge in [-0.15, -0.1) is 10.2 Å². The molecule has 5 rings (SSSR count). The van der Waals surface area contributed by atoms with Crippen molar-refractivity contribution in [2.45, 2.75) is 0 Å². The van der Waals surface area contributed by atoms with Gasteiger partial charge in [-0.2, -0.15) is 5.10 Å². The number of carbonyl (C=O) groups excluding carboxylic acids is 1. The van der Waals surface area contributed by atoms with Gasteiger partial charge in [0.2, 0.25) is 6.79 Å². The molecule has 4 heterocycles. The van der Waals surface area contributed by atoms with E-state index < -0.39 is 0 Å². The maximum absolute atomic E-state index is 12.5. The largest absolute Gasteiger partial charge is 0.484 e. The smallest absolute Gasteiger partial charge is 0.260 e. The third kappa shape index (κ3) is 3.69. The first-order valence-electron chi connectivity index (χ1n) is 9.50. The van der Waals surface area contributed by atoms with Crippen molar-refractivity contribution in [2.24, 2.45) is 0 Å². The quantitative estimate of drug-likeness (QED) is 0.596. The first kappa shape index (κ1) is 18.2. The van der Waals surface area contributed by atoms with Gasteiger partial charge in [-0.1, -0.05) is 0 Å². The third-order valence-electron chi connectivity index (χ3n) is 4.95. The van der Waals surface area contributed by atoms with Crippen molar-refractivity contribution in [1.82, 2.24) is 29.9 Å². The van der Waals surface area contributed by atoms with E-state index in [1.54, 1.807) is 34.1 Å². The van der Waals surface area contributed by atoms with Crippen LogP contribution in [0.25, 0.3) is 5.82 Å². The van der Waals surface area contributed by atoms with Crippen LogP contribution in [0.3, 0.4) is 0 Å². The van der Waals surface area contributed by atoms with E-state index in [1.165, 1.54) is 6.33 Å². The van der Waals surface area contributed by atoms with Gasteiger partial charge in [0.1, 0.15) is 18.4 Å². The average molecular weight is 409 g/mol. The fourth-order valence-electron chi connectivity index (χ4n) is 3.32. The monoisotopic (exact) mass is 409 g/mol. The van der Waals surface area contributed by atoms with Crippen molar-refractivity contribution in [2.75, 3.05) is 44.5 Å². The van der Waals surface area contributed by atoms with Crippen LogP contribution in [0.5, 0.6) is 17.2 Å². The molecule has 1 saturated heterocycles. The minimum Gasteiger partial charge on any atom is -0.484 e. The second-order valence-corrected chi connectivity index (χ2v) is 6.76. The Kier molecular flexibility index (Phi) is 4.75. The Labute approximate surface area is 171 Å². The number of carbonyl (C=O) groups is 1. The fourth-order valence-corrected chi connectivity index (χ4v) is 3.32. The Morgan fingerprint density at radius 3 is 2.57 bits per heavy atom. The Balaban J connectivity index is 1.12. The van der Waals surface area contributed by atoms with E-state index >= 15 is 0 Å². The molecular weight excluding hydrogens is 390 g/mol. The number of benzene rings is 1. The van der Waals surface area contributed by atoms with Crippen molar-refractivity contribution >= 4 is 11.7 Å². The molecule has 2 aliphatic heterocycles. The van der Waals surface area contributed by atoms with Crippen molar-refractivity contribution in [3.05, 3.63) is 43.0 Å². The van der Waals surface area contributed by atoms with Gasteiger partial charge in [0.15, 0.2) is 29.7 Å². The SMILES string of the molecule is O=C(COc1ccc2c(c1)OCO2)N1CCN(c2ccc(-n3cncn3)nn2)CC1. The standard InChI is InChI=1S/C19H19N7O4/c27-19(10-28-14-1-2-15-16(9-14)30-13-29-15)25-7-5-24(6-8-25)17-3-4-18(23-22-17)26-12-20-11-21-26/h1-4,9,11-12H,5-8,10,13H2. The maximum atomic E-state index is 12.5. The summed E-state index contributed by atoms with van der Waals surface area (Å²) in [6, 6.07) is 9.00. The van der Waals surface area contributed by atoms with Crippen LogP contribution in [0.1, 0.15) is 0 Å². The number of rotatable bonds is 5. The van der Waals surface area contributed by atoms with Crippen molar-refractivity contribution in [3.63, 3.8) is 0 Å². The number of piperazine rings is 1. The Morgan fingerprint density at radius 2 is 1.80 bits per heavy atom. The van der Waals surface area contributed by atoms with Crippen LogP contribution < -0.4 is 19.1 Å². The van der Waals surface area contributed by atoms with Gasteiger partial charge >= 0.3 is 0 Å². The first-order chi connectivity index (χ1) is 14.8. The van der Waals surface area contributed by atoms with Crippen LogP contribution in [-0.4, -0.2) is 75.3 Å². The topological polar surface area (TPSA) is 108 Å². The van der Waals surface area contributed by atoms with Crippen molar-refractivity contribution < 1.29 is 19.0 Å². The van der Waals surface area contributed by atoms with Crippen LogP contribution >= 0.6 is 0 Å². The summed E-state index contributed by atoms with van der Waals surface area (Å²) in [6.45, 7) is 2.72. The summed E-state index contributed by atoms with van der Waals surface area (Å²) in [5, 5.41) is 12.5. The summed E-state index contributed by atoms with van der Waals surface area (Å²) < 4.78 is 17.8. The zero-order valence-electron chi connectivity index (χ0n) is 16.0. The molecule has 0 saturated carbocycles. The van der Waals surface area contributed by atoms with E-state index in [0.717, 1.165) is 5.82 Å². The normalized spacial score (nSPS) is 15.3. The van der Waals surface area contributed by atoms with Gasteiger partial charge in [-0.3, -0.25) is 4.79 Å². The molecule has 0 unspecified atom stereocenters. The highest BCUT2D eigenvalue weighted by Gasteiger charge is 2.23. The number of anilines is 1. The summed E-state index contributed by atoms with van der Waals surface area (Å²) in [4.78, 5) is 20.3. The number of nitrogens with zero attached hydrogens (tertiary/aromatic N) is 7. The molecule has 1 fully saturated rings. The predicted molar refractivity (Wildman–Crippen MR) is 104 cm³/mol. The summed E-state index contributed by atoms with van der Waals surface area (Å²) in [5.41, 5.74) is 0. The maximum Gasteiger partial charge on any atom is 0.260 e. The molecule has 2 aromatic heterocycles. The number of amides is 1. The molecule has 11 heteroatoms. The second kappa shape index (κ2) is 7.85. The highest BCUT2D eigenvalue weighted by atomic mass is 16.7. The molecule has 0 bridgehead atoms. The van der Waals surface area contributed by atoms with E-state index in [0.29, 0.717) is 49.2 Å². The molecule has 0 N–H and O–H groups in total. The lowest BCUT2D eigenvalue weighted by atomic mass is 10.3. The van der Waals surface area contributed by atoms with Crippen LogP contribution in [0, 0.1) is 0 Å². The fraction of sp³-hybridized carbons (Fsp3) is 0.316. The van der Waals surface area contributed by atoms with Gasteiger partial charge in [0.25, 0.3) is 5.91 Å². The van der Waals surface area contributed by atoms with Crippen LogP contribution in [0.2, 0.25) is 0 Å². The summed E-state index contributed by atoms with van der Waals surface area (Å²) in [5.74, 6) is 3.20. The van der Waals surface area contributed by atoms with Gasteiger partial charge in [-0.05, 0) is 24.3 Å². The summed E-state index contributed by atoms with van der Waals surface area (Å²) in [7, 11) is 0. The average Bonchev–Trinajstić information content (AvgIpc) is 3.49. The second-order valence-electron chi connectivity index (χ2n) is 6.76. The van der Waals surface area contributed by atoms with Crippen LogP contribution in [0.15, 0.2) is 43.0 Å². The minimum absolute atomic E-state index is 0.0218. The lowest BCUT2D eigenvalue weighted by Gasteiger charge is -2.35. The molecule has 2 aliphatic rings. The molecule has 30 heavy (non-hydrogen) atoms. The minimum atomic E-state index is -0.0556. The summed E-state index contributed by atoms with van der Waals surface area (Å²) in [6.07, 6.45) is 3.02. The van der Waals surface area contributed by atoms with Gasteiger partial charge < -0.3 is 24.0 Å². The number of hydrogen-bond acceptors (Lipinski definition) is 9. The number of aromatic nitrogens is 5. The highest BCUT2D eigenvalue weighted by molar-refractivity contribution is 5.78. The van der Waals surface area contributed by atoms with Crippen LogP contribution in [0.4, 0.5) is 5.82 Å². The zero-order chi connectivity index (χ0) is 20.3. The van der Waals surface area contributed by atoms with Gasteiger partial charge in [-0.25, -0.2) is 9.67 Å². The highest BCUT2D eigenvalue weighted by Crippen LogP contribution is 2.35. The first-order valence-corrected chi connectivity index (χ1v) is 9.50. The lowest BCUT2D eigenvalue weighted by molar-refractivity contribution is -0.133. The van der Waals surface area contributed by atoms with Crippen molar-refractivity contribution in [3.8, 4) is 23.1 Å². The number of ether oxygens (including phenoxy) is 3. The zero-order valence-corrected chi connectivity index (χ0v) is 16.0. The lowest BCUT2D eigenvalue weighted by Crippen LogP contribution is -2.50. The third-order valence-corrected chi connectivity index (χ3v) is 4.95. The number of fused-ring (bicyclic) bond motifs is 1. The molecule has 11 nitrogen and oxygen atoms in total. The molecule has 154 valence electrons. The van der Waals surface area contributed by atoms with Gasteiger partial charge in [0, 0.05) is 32.2 Å². The predicted octanol–water partition coefficient (Wildman–Crippen LogP) is 0.514. The van der Waals surface area contributed by atoms with E-state index in [9.17, 15) is 4.79 Å². The van der Waals surface area contributed by atoms with E-state index in [1.807, 2.05) is 12.1 Å². The van der Waals surface area contributed by atoms with Crippen LogP contribution in [-0.2, 0) is 4.79 Å². The Morgan fingerprint density at radius 1 is 1.00 bits per heavy atom. The molecule has 0 atom stereocenters. The molecule has 1 amide bonds. The van der Waals surface area contributed by atoms with E-state index in [2.05, 4.69) is 25.2 Å². The molecule has 3 aromatic rings. The number of hydrogen-bond donors (Lipinski definition) is 0. The molecule has 1 aromatic carbocycles. The van der Waals surface area contributed by atoms with Crippen molar-refractivity contribution in [1.29, 1.82) is 0 Å².